The number of urea groups is 1. The summed E-state index contributed by atoms with van der Waals surface area (Å²) in [6.45, 7) is 0.262. The predicted octanol–water partition coefficient (Wildman–Crippen LogP) is 3.80. The van der Waals surface area contributed by atoms with Crippen LogP contribution in [0.5, 0.6) is 0 Å². The van der Waals surface area contributed by atoms with Crippen LogP contribution in [0.3, 0.4) is 0 Å². The van der Waals surface area contributed by atoms with Crippen molar-refractivity contribution in [2.45, 2.75) is 49.3 Å². The van der Waals surface area contributed by atoms with E-state index in [4.69, 9.17) is 0 Å². The molecule has 0 bridgehead atoms. The first-order valence-electron chi connectivity index (χ1n) is 9.78. The Bertz CT molecular complexity index is 983. The minimum absolute atomic E-state index is 0.0896. The third kappa shape index (κ3) is 6.41. The van der Waals surface area contributed by atoms with E-state index in [1.165, 1.54) is 24.3 Å². The zero-order chi connectivity index (χ0) is 22.5. The smallest absolute Gasteiger partial charge is 0.334 e. The van der Waals surface area contributed by atoms with Crippen LogP contribution in [0.1, 0.15) is 31.2 Å². The lowest BCUT2D eigenvalue weighted by Crippen LogP contribution is -2.47. The molecule has 1 saturated carbocycles. The molecule has 0 radical (unpaired) electrons. The summed E-state index contributed by atoms with van der Waals surface area (Å²) in [5, 5.41) is 5.20. The Balaban J connectivity index is 1.59. The van der Waals surface area contributed by atoms with Crippen molar-refractivity contribution in [3.63, 3.8) is 0 Å². The van der Waals surface area contributed by atoms with E-state index in [-0.39, 0.29) is 24.3 Å². The molecule has 0 spiro atoms. The van der Waals surface area contributed by atoms with Crippen LogP contribution in [-0.4, -0.2) is 31.7 Å². The lowest BCUT2D eigenvalue weighted by Gasteiger charge is -2.33. The number of rotatable bonds is 6. The summed E-state index contributed by atoms with van der Waals surface area (Å²) in [6, 6.07) is 7.10. The lowest BCUT2D eigenvalue weighted by molar-refractivity contribution is -0.187. The molecule has 0 saturated heterocycles. The third-order valence-electron chi connectivity index (χ3n) is 5.09. The fourth-order valence-electron chi connectivity index (χ4n) is 3.51. The average molecular weight is 456 g/mol. The number of pyridine rings is 1. The predicted molar refractivity (Wildman–Crippen MR) is 109 cm³/mol. The third-order valence-corrected chi connectivity index (χ3v) is 6.60. The normalized spacial score (nSPS) is 19.6. The van der Waals surface area contributed by atoms with Gasteiger partial charge in [-0.25, -0.2) is 17.9 Å². The molecule has 2 atom stereocenters. The van der Waals surface area contributed by atoms with Crippen molar-refractivity contribution in [3.05, 3.63) is 54.4 Å². The van der Waals surface area contributed by atoms with Crippen molar-refractivity contribution >= 4 is 21.7 Å². The van der Waals surface area contributed by atoms with Gasteiger partial charge < -0.3 is 10.6 Å². The minimum atomic E-state index is -4.45. The fourth-order valence-corrected chi connectivity index (χ4v) is 4.82. The zero-order valence-electron chi connectivity index (χ0n) is 16.5. The average Bonchev–Trinajstić information content (AvgIpc) is 2.73. The van der Waals surface area contributed by atoms with E-state index in [0.717, 1.165) is 5.56 Å². The van der Waals surface area contributed by atoms with Gasteiger partial charge in [0.05, 0.1) is 10.8 Å². The van der Waals surface area contributed by atoms with Gasteiger partial charge in [0.15, 0.2) is 0 Å². The van der Waals surface area contributed by atoms with E-state index in [2.05, 4.69) is 20.3 Å². The molecule has 1 aromatic heterocycles. The Morgan fingerprint density at radius 3 is 2.45 bits per heavy atom. The monoisotopic (exact) mass is 456 g/mol. The maximum absolute atomic E-state index is 13.2. The maximum atomic E-state index is 13.2. The standard InChI is InChI=1S/C20H23F3N4O3S/c21-20(22,23)17-5-1-2-6-18(17)27-31(29,30)16-9-7-15(8-10-16)26-19(28)25-13-14-4-3-11-24-12-14/h3-4,7-12,17-18,27H,1-2,5-6,13H2,(H2,25,26,28). The van der Waals surface area contributed by atoms with E-state index in [9.17, 15) is 26.4 Å². The Labute approximate surface area is 178 Å². The van der Waals surface area contributed by atoms with Crippen LogP contribution in [0.4, 0.5) is 23.7 Å². The molecule has 1 aromatic carbocycles. The number of aromatic nitrogens is 1. The first-order valence-corrected chi connectivity index (χ1v) is 11.3. The van der Waals surface area contributed by atoms with Gasteiger partial charge in [-0.2, -0.15) is 13.2 Å². The molecule has 1 heterocycles. The molecule has 31 heavy (non-hydrogen) atoms. The number of hydrogen-bond acceptors (Lipinski definition) is 4. The number of carbonyl (C=O) groups is 1. The van der Waals surface area contributed by atoms with Crippen molar-refractivity contribution in [3.8, 4) is 0 Å². The summed E-state index contributed by atoms with van der Waals surface area (Å²) >= 11 is 0. The highest BCUT2D eigenvalue weighted by Gasteiger charge is 2.46. The molecular formula is C20H23F3N4O3S. The zero-order valence-corrected chi connectivity index (χ0v) is 17.3. The number of hydrogen-bond donors (Lipinski definition) is 3. The van der Waals surface area contributed by atoms with Crippen LogP contribution in [0, 0.1) is 5.92 Å². The van der Waals surface area contributed by atoms with Crippen molar-refractivity contribution < 1.29 is 26.4 Å². The van der Waals surface area contributed by atoms with E-state index < -0.39 is 34.2 Å². The molecule has 0 aliphatic heterocycles. The molecule has 2 unspecified atom stereocenters. The van der Waals surface area contributed by atoms with Gasteiger partial charge in [-0.05, 0) is 48.7 Å². The summed E-state index contributed by atoms with van der Waals surface area (Å²) in [4.78, 5) is 15.8. The fraction of sp³-hybridized carbons (Fsp3) is 0.400. The highest BCUT2D eigenvalue weighted by molar-refractivity contribution is 7.89. The van der Waals surface area contributed by atoms with Crippen LogP contribution in [-0.2, 0) is 16.6 Å². The Morgan fingerprint density at radius 1 is 1.10 bits per heavy atom. The largest absolute Gasteiger partial charge is 0.393 e. The topological polar surface area (TPSA) is 100 Å². The van der Waals surface area contributed by atoms with Crippen LogP contribution >= 0.6 is 0 Å². The first-order chi connectivity index (χ1) is 14.6. The van der Waals surface area contributed by atoms with Gasteiger partial charge in [0.2, 0.25) is 10.0 Å². The molecular weight excluding hydrogens is 433 g/mol. The summed E-state index contributed by atoms with van der Waals surface area (Å²) < 4.78 is 67.1. The number of sulfonamides is 1. The quantitative estimate of drug-likeness (QED) is 0.616. The van der Waals surface area contributed by atoms with E-state index >= 15 is 0 Å². The van der Waals surface area contributed by atoms with E-state index in [1.807, 2.05) is 0 Å². The second kappa shape index (κ2) is 9.65. The number of anilines is 1. The Morgan fingerprint density at radius 2 is 1.81 bits per heavy atom. The number of amides is 2. The van der Waals surface area contributed by atoms with Gasteiger partial charge in [0.25, 0.3) is 0 Å². The summed E-state index contributed by atoms with van der Waals surface area (Å²) in [5.74, 6) is -1.69. The molecule has 11 heteroatoms. The number of nitrogens with zero attached hydrogens (tertiary/aromatic N) is 1. The summed E-state index contributed by atoms with van der Waals surface area (Å²) in [7, 11) is -4.13. The number of nitrogens with one attached hydrogen (secondary N) is 3. The molecule has 1 aliphatic rings. The molecule has 3 N–H and O–H groups in total. The summed E-state index contributed by atoms with van der Waals surface area (Å²) in [6.07, 6.45) is -0.213. The van der Waals surface area contributed by atoms with Gasteiger partial charge in [0, 0.05) is 30.7 Å². The van der Waals surface area contributed by atoms with Crippen LogP contribution in [0.2, 0.25) is 0 Å². The van der Waals surface area contributed by atoms with Gasteiger partial charge >= 0.3 is 12.2 Å². The number of alkyl halides is 3. The summed E-state index contributed by atoms with van der Waals surface area (Å²) in [5.41, 5.74) is 1.15. The van der Waals surface area contributed by atoms with E-state index in [0.29, 0.717) is 18.5 Å². The van der Waals surface area contributed by atoms with E-state index in [1.54, 1.807) is 24.5 Å². The number of carbonyl (C=O) groups excluding carboxylic acids is 1. The van der Waals surface area contributed by atoms with Crippen molar-refractivity contribution in [2.75, 3.05) is 5.32 Å². The maximum Gasteiger partial charge on any atom is 0.393 e. The van der Waals surface area contributed by atoms with Crippen LogP contribution in [0.25, 0.3) is 0 Å². The van der Waals surface area contributed by atoms with Crippen molar-refractivity contribution in [2.24, 2.45) is 5.92 Å². The van der Waals surface area contributed by atoms with Gasteiger partial charge in [-0.1, -0.05) is 18.9 Å². The molecule has 168 valence electrons. The SMILES string of the molecule is O=C(NCc1cccnc1)Nc1ccc(S(=O)(=O)NC2CCCCC2C(F)(F)F)cc1. The molecule has 7 nitrogen and oxygen atoms in total. The first kappa shape index (κ1) is 23.0. The van der Waals surface area contributed by atoms with Crippen molar-refractivity contribution in [1.82, 2.24) is 15.0 Å². The molecule has 2 amide bonds. The van der Waals surface area contributed by atoms with Crippen LogP contribution < -0.4 is 15.4 Å². The number of halogens is 3. The molecule has 2 aromatic rings. The Hall–Kier alpha value is -2.66. The number of benzene rings is 1. The highest BCUT2D eigenvalue weighted by atomic mass is 32.2. The molecule has 3 rings (SSSR count). The van der Waals surface area contributed by atoms with Crippen molar-refractivity contribution in [1.29, 1.82) is 0 Å². The van der Waals surface area contributed by atoms with Gasteiger partial charge in [-0.3, -0.25) is 4.98 Å². The second-order valence-corrected chi connectivity index (χ2v) is 9.07. The minimum Gasteiger partial charge on any atom is -0.334 e. The highest BCUT2D eigenvalue weighted by Crippen LogP contribution is 2.38. The van der Waals surface area contributed by atoms with Crippen LogP contribution in [0.15, 0.2) is 53.7 Å². The van der Waals surface area contributed by atoms with Gasteiger partial charge in [0.1, 0.15) is 0 Å². The Kier molecular flexibility index (Phi) is 7.16. The van der Waals surface area contributed by atoms with Gasteiger partial charge in [-0.15, -0.1) is 0 Å². The molecule has 1 fully saturated rings. The second-order valence-electron chi connectivity index (χ2n) is 7.35. The lowest BCUT2D eigenvalue weighted by atomic mass is 9.85. The molecule has 1 aliphatic carbocycles.